The summed E-state index contributed by atoms with van der Waals surface area (Å²) in [6, 6.07) is 6.47. The molecule has 1 amide bonds. The van der Waals surface area contributed by atoms with Gasteiger partial charge in [0.15, 0.2) is 0 Å². The molecule has 6 nitrogen and oxygen atoms in total. The van der Waals surface area contributed by atoms with Crippen LogP contribution in [0.4, 0.5) is 4.39 Å². The molecular formula is C18H17FN2O4. The molecule has 1 aliphatic rings. The summed E-state index contributed by atoms with van der Waals surface area (Å²) in [4.78, 5) is 27.2. The number of ether oxygens (including phenoxy) is 1. The Kier molecular flexibility index (Phi) is 4.16. The maximum atomic E-state index is 13.5. The molecular weight excluding hydrogens is 327 g/mol. The summed E-state index contributed by atoms with van der Waals surface area (Å²) in [5, 5.41) is 11.9. The normalized spacial score (nSPS) is 18.0. The summed E-state index contributed by atoms with van der Waals surface area (Å²) in [6.45, 7) is 3.71. The van der Waals surface area contributed by atoms with E-state index in [1.165, 1.54) is 30.5 Å². The quantitative estimate of drug-likeness (QED) is 0.894. The minimum atomic E-state index is -1.21. The Labute approximate surface area is 143 Å². The molecule has 25 heavy (non-hydrogen) atoms. The summed E-state index contributed by atoms with van der Waals surface area (Å²) in [6.07, 6.45) is 1.77. The van der Waals surface area contributed by atoms with Crippen molar-refractivity contribution in [2.75, 3.05) is 0 Å². The summed E-state index contributed by atoms with van der Waals surface area (Å²) in [5.41, 5.74) is 0.0906. The predicted octanol–water partition coefficient (Wildman–Crippen LogP) is 2.95. The van der Waals surface area contributed by atoms with Gasteiger partial charge in [-0.05, 0) is 32.0 Å². The van der Waals surface area contributed by atoms with E-state index in [2.05, 4.69) is 10.3 Å². The number of carbonyl (C=O) groups excluding carboxylic acids is 1. The zero-order valence-corrected chi connectivity index (χ0v) is 13.7. The molecule has 3 rings (SSSR count). The zero-order chi connectivity index (χ0) is 18.2. The van der Waals surface area contributed by atoms with Gasteiger partial charge in [-0.25, -0.2) is 14.2 Å². The molecule has 7 heteroatoms. The lowest BCUT2D eigenvalue weighted by Gasteiger charge is -2.37. The summed E-state index contributed by atoms with van der Waals surface area (Å²) in [5.74, 6) is -1.66. The highest BCUT2D eigenvalue weighted by Crippen LogP contribution is 2.39. The highest BCUT2D eigenvalue weighted by molar-refractivity contribution is 5.96. The van der Waals surface area contributed by atoms with Gasteiger partial charge in [0.2, 0.25) is 0 Å². The number of carbonyl (C=O) groups is 2. The zero-order valence-electron chi connectivity index (χ0n) is 13.7. The number of halogens is 1. The van der Waals surface area contributed by atoms with E-state index in [0.29, 0.717) is 17.7 Å². The van der Waals surface area contributed by atoms with Gasteiger partial charge in [-0.3, -0.25) is 4.79 Å². The van der Waals surface area contributed by atoms with Crippen molar-refractivity contribution in [2.24, 2.45) is 0 Å². The van der Waals surface area contributed by atoms with Gasteiger partial charge in [0, 0.05) is 29.8 Å². The minimum absolute atomic E-state index is 0.195. The number of carboxylic acids is 1. The summed E-state index contributed by atoms with van der Waals surface area (Å²) >= 11 is 0. The van der Waals surface area contributed by atoms with E-state index >= 15 is 0 Å². The molecule has 2 aromatic rings. The Bertz CT molecular complexity index is 851. The lowest BCUT2D eigenvalue weighted by atomic mass is 9.89. The third-order valence-electron chi connectivity index (χ3n) is 3.98. The molecule has 2 N–H and O–H groups in total. The number of nitrogens with zero attached hydrogens (tertiary/aromatic N) is 1. The van der Waals surface area contributed by atoms with E-state index in [-0.39, 0.29) is 17.3 Å². The Hall–Kier alpha value is -2.96. The molecule has 1 unspecified atom stereocenters. The van der Waals surface area contributed by atoms with Gasteiger partial charge in [0.05, 0.1) is 6.04 Å². The van der Waals surface area contributed by atoms with Gasteiger partial charge >= 0.3 is 5.97 Å². The van der Waals surface area contributed by atoms with Crippen molar-refractivity contribution < 1.29 is 23.8 Å². The minimum Gasteiger partial charge on any atom is -0.487 e. The van der Waals surface area contributed by atoms with Crippen LogP contribution < -0.4 is 10.1 Å². The van der Waals surface area contributed by atoms with Crippen LogP contribution in [0.1, 0.15) is 52.7 Å². The Morgan fingerprint density at radius 2 is 2.08 bits per heavy atom. The fourth-order valence-electron chi connectivity index (χ4n) is 2.88. The molecule has 0 saturated heterocycles. The molecule has 1 aliphatic heterocycles. The average molecular weight is 344 g/mol. The lowest BCUT2D eigenvalue weighted by molar-refractivity contribution is 0.0616. The molecule has 1 aromatic carbocycles. The number of fused-ring (bicyclic) bond motifs is 1. The second kappa shape index (κ2) is 6.16. The Balaban J connectivity index is 1.88. The number of rotatable bonds is 3. The number of amides is 1. The van der Waals surface area contributed by atoms with Crippen LogP contribution in [0, 0.1) is 5.82 Å². The maximum Gasteiger partial charge on any atom is 0.354 e. The molecule has 1 atom stereocenters. The van der Waals surface area contributed by atoms with Crippen molar-refractivity contribution in [3.63, 3.8) is 0 Å². The molecule has 1 aromatic heterocycles. The van der Waals surface area contributed by atoms with Crippen molar-refractivity contribution in [1.82, 2.24) is 10.3 Å². The Morgan fingerprint density at radius 1 is 1.32 bits per heavy atom. The number of aromatic nitrogens is 1. The third kappa shape index (κ3) is 3.60. The first-order chi connectivity index (χ1) is 11.7. The standard InChI is InChI=1S/C18H17FN2O4/c1-18(2)9-14(12-4-3-11(19)8-15(12)25-18)21-16(22)10-5-6-20-13(7-10)17(23)24/h3-8,14H,9H2,1-2H3,(H,21,22)(H,23,24). The van der Waals surface area contributed by atoms with E-state index < -0.39 is 23.3 Å². The Morgan fingerprint density at radius 3 is 2.80 bits per heavy atom. The largest absolute Gasteiger partial charge is 0.487 e. The average Bonchev–Trinajstić information content (AvgIpc) is 2.53. The van der Waals surface area contributed by atoms with Gasteiger partial charge in [0.1, 0.15) is 22.9 Å². The monoisotopic (exact) mass is 344 g/mol. The summed E-state index contributed by atoms with van der Waals surface area (Å²) < 4.78 is 19.3. The van der Waals surface area contributed by atoms with Crippen LogP contribution in [-0.2, 0) is 0 Å². The lowest BCUT2D eigenvalue weighted by Crippen LogP contribution is -2.41. The number of hydrogen-bond acceptors (Lipinski definition) is 4. The van der Waals surface area contributed by atoms with Gasteiger partial charge in [-0.1, -0.05) is 6.07 Å². The smallest absolute Gasteiger partial charge is 0.354 e. The predicted molar refractivity (Wildman–Crippen MR) is 87.1 cm³/mol. The second-order valence-electron chi connectivity index (χ2n) is 6.51. The SMILES string of the molecule is CC1(C)CC(NC(=O)c2ccnc(C(=O)O)c2)c2ccc(F)cc2O1. The van der Waals surface area contributed by atoms with E-state index in [9.17, 15) is 14.0 Å². The van der Waals surface area contributed by atoms with E-state index in [0.717, 1.165) is 0 Å². The van der Waals surface area contributed by atoms with Gasteiger partial charge in [-0.2, -0.15) is 0 Å². The van der Waals surface area contributed by atoms with E-state index in [4.69, 9.17) is 9.84 Å². The molecule has 0 bridgehead atoms. The van der Waals surface area contributed by atoms with Crippen LogP contribution in [0.3, 0.4) is 0 Å². The number of carboxylic acid groups (broad SMARTS) is 1. The molecule has 0 radical (unpaired) electrons. The molecule has 0 saturated carbocycles. The summed E-state index contributed by atoms with van der Waals surface area (Å²) in [7, 11) is 0. The number of pyridine rings is 1. The van der Waals surface area contributed by atoms with Crippen LogP contribution in [0.25, 0.3) is 0 Å². The van der Waals surface area contributed by atoms with Crippen LogP contribution in [0.5, 0.6) is 5.75 Å². The number of hydrogen-bond donors (Lipinski definition) is 2. The van der Waals surface area contributed by atoms with Crippen LogP contribution in [-0.4, -0.2) is 27.6 Å². The third-order valence-corrected chi connectivity index (χ3v) is 3.98. The molecule has 0 fully saturated rings. The van der Waals surface area contributed by atoms with Crippen LogP contribution in [0.2, 0.25) is 0 Å². The van der Waals surface area contributed by atoms with Gasteiger partial charge < -0.3 is 15.2 Å². The highest BCUT2D eigenvalue weighted by atomic mass is 19.1. The molecule has 130 valence electrons. The van der Waals surface area contributed by atoms with Crippen LogP contribution in [0.15, 0.2) is 36.5 Å². The van der Waals surface area contributed by atoms with Crippen molar-refractivity contribution >= 4 is 11.9 Å². The first kappa shape index (κ1) is 16.9. The maximum absolute atomic E-state index is 13.5. The fraction of sp³-hybridized carbons (Fsp3) is 0.278. The highest BCUT2D eigenvalue weighted by Gasteiger charge is 2.35. The van der Waals surface area contributed by atoms with Gasteiger partial charge in [0.25, 0.3) is 5.91 Å². The van der Waals surface area contributed by atoms with Gasteiger partial charge in [-0.15, -0.1) is 0 Å². The molecule has 2 heterocycles. The van der Waals surface area contributed by atoms with E-state index in [1.54, 1.807) is 6.07 Å². The number of benzene rings is 1. The first-order valence-corrected chi connectivity index (χ1v) is 7.74. The van der Waals surface area contributed by atoms with Crippen molar-refractivity contribution in [2.45, 2.75) is 31.9 Å². The van der Waals surface area contributed by atoms with Crippen molar-refractivity contribution in [3.05, 3.63) is 59.2 Å². The van der Waals surface area contributed by atoms with Crippen molar-refractivity contribution in [1.29, 1.82) is 0 Å². The topological polar surface area (TPSA) is 88.5 Å². The van der Waals surface area contributed by atoms with Crippen molar-refractivity contribution in [3.8, 4) is 5.75 Å². The van der Waals surface area contributed by atoms with E-state index in [1.807, 2.05) is 13.8 Å². The first-order valence-electron chi connectivity index (χ1n) is 7.74. The van der Waals surface area contributed by atoms with Crippen LogP contribution >= 0.6 is 0 Å². The molecule has 0 spiro atoms. The number of aromatic carboxylic acids is 1. The fourth-order valence-corrected chi connectivity index (χ4v) is 2.88. The number of nitrogens with one attached hydrogen (secondary N) is 1. The molecule has 0 aliphatic carbocycles. The second-order valence-corrected chi connectivity index (χ2v) is 6.51.